The minimum absolute atomic E-state index is 0.0800. The monoisotopic (exact) mass is 245 g/mol. The predicted octanol–water partition coefficient (Wildman–Crippen LogP) is 1.26. The van der Waals surface area contributed by atoms with E-state index in [0.717, 1.165) is 5.56 Å². The zero-order valence-electron chi connectivity index (χ0n) is 10.4. The molecule has 1 amide bonds. The molecule has 0 unspecified atom stereocenters. The van der Waals surface area contributed by atoms with Crippen molar-refractivity contribution in [2.75, 3.05) is 5.32 Å². The summed E-state index contributed by atoms with van der Waals surface area (Å²) < 4.78 is 1.63. The second-order valence-corrected chi connectivity index (χ2v) is 4.23. The molecule has 2 heterocycles. The maximum atomic E-state index is 11.9. The van der Waals surface area contributed by atoms with Crippen LogP contribution in [0.4, 0.5) is 5.82 Å². The molecule has 18 heavy (non-hydrogen) atoms. The number of aromatic nitrogens is 4. The van der Waals surface area contributed by atoms with E-state index in [-0.39, 0.29) is 11.8 Å². The number of hydrogen-bond donors (Lipinski definition) is 1. The van der Waals surface area contributed by atoms with E-state index >= 15 is 0 Å². The molecule has 0 radical (unpaired) electrons. The SMILES string of the molecule is Cc1ccnc(NC(=O)[C@@H](C)Cn2cncn2)c1. The Morgan fingerprint density at radius 1 is 1.56 bits per heavy atom. The van der Waals surface area contributed by atoms with E-state index < -0.39 is 0 Å². The Kier molecular flexibility index (Phi) is 3.66. The van der Waals surface area contributed by atoms with Crippen LogP contribution in [0.25, 0.3) is 0 Å². The molecule has 94 valence electrons. The van der Waals surface area contributed by atoms with Crippen LogP contribution in [-0.4, -0.2) is 25.7 Å². The maximum Gasteiger partial charge on any atom is 0.230 e. The first-order chi connectivity index (χ1) is 8.65. The molecule has 0 aliphatic heterocycles. The molecule has 1 N–H and O–H groups in total. The number of nitrogens with zero attached hydrogens (tertiary/aromatic N) is 4. The van der Waals surface area contributed by atoms with Crippen molar-refractivity contribution < 1.29 is 4.79 Å². The molecule has 0 fully saturated rings. The largest absolute Gasteiger partial charge is 0.310 e. The lowest BCUT2D eigenvalue weighted by Gasteiger charge is -2.11. The van der Waals surface area contributed by atoms with Crippen LogP contribution in [0.15, 0.2) is 31.0 Å². The molecule has 2 aromatic rings. The molecule has 6 heteroatoms. The second kappa shape index (κ2) is 5.39. The molecule has 0 aliphatic carbocycles. The first-order valence-electron chi connectivity index (χ1n) is 5.71. The summed E-state index contributed by atoms with van der Waals surface area (Å²) in [6, 6.07) is 3.72. The van der Waals surface area contributed by atoms with Gasteiger partial charge in [-0.15, -0.1) is 0 Å². The van der Waals surface area contributed by atoms with Gasteiger partial charge in [-0.2, -0.15) is 5.10 Å². The molecular weight excluding hydrogens is 230 g/mol. The average Bonchev–Trinajstić information content (AvgIpc) is 2.81. The number of nitrogens with one attached hydrogen (secondary N) is 1. The highest BCUT2D eigenvalue weighted by molar-refractivity contribution is 5.91. The van der Waals surface area contributed by atoms with Crippen molar-refractivity contribution in [2.24, 2.45) is 5.92 Å². The van der Waals surface area contributed by atoms with E-state index in [1.54, 1.807) is 17.2 Å². The molecule has 0 aromatic carbocycles. The van der Waals surface area contributed by atoms with Gasteiger partial charge in [0.15, 0.2) is 0 Å². The van der Waals surface area contributed by atoms with Crippen LogP contribution in [-0.2, 0) is 11.3 Å². The van der Waals surface area contributed by atoms with Crippen molar-refractivity contribution in [3.63, 3.8) is 0 Å². The van der Waals surface area contributed by atoms with Gasteiger partial charge in [-0.25, -0.2) is 9.97 Å². The highest BCUT2D eigenvalue weighted by Crippen LogP contribution is 2.08. The molecule has 0 saturated carbocycles. The summed E-state index contributed by atoms with van der Waals surface area (Å²) in [4.78, 5) is 19.9. The lowest BCUT2D eigenvalue weighted by molar-refractivity contribution is -0.119. The van der Waals surface area contributed by atoms with E-state index in [9.17, 15) is 4.79 Å². The van der Waals surface area contributed by atoms with Crippen molar-refractivity contribution in [2.45, 2.75) is 20.4 Å². The number of hydrogen-bond acceptors (Lipinski definition) is 4. The van der Waals surface area contributed by atoms with Crippen molar-refractivity contribution in [3.8, 4) is 0 Å². The fourth-order valence-corrected chi connectivity index (χ4v) is 1.54. The zero-order valence-corrected chi connectivity index (χ0v) is 10.4. The van der Waals surface area contributed by atoms with Gasteiger partial charge in [0, 0.05) is 6.20 Å². The fourth-order valence-electron chi connectivity index (χ4n) is 1.54. The Morgan fingerprint density at radius 2 is 2.39 bits per heavy atom. The molecule has 0 aliphatic rings. The molecule has 2 rings (SSSR count). The molecular formula is C12H15N5O. The highest BCUT2D eigenvalue weighted by Gasteiger charge is 2.14. The first kappa shape index (κ1) is 12.2. The van der Waals surface area contributed by atoms with Crippen molar-refractivity contribution in [3.05, 3.63) is 36.5 Å². The Balaban J connectivity index is 1.95. The summed E-state index contributed by atoms with van der Waals surface area (Å²) in [6.45, 7) is 4.29. The Hall–Kier alpha value is -2.24. The van der Waals surface area contributed by atoms with E-state index in [0.29, 0.717) is 12.4 Å². The fraction of sp³-hybridized carbons (Fsp3) is 0.333. The summed E-state index contributed by atoms with van der Waals surface area (Å²) in [5.41, 5.74) is 1.06. The highest BCUT2D eigenvalue weighted by atomic mass is 16.1. The lowest BCUT2D eigenvalue weighted by atomic mass is 10.1. The summed E-state index contributed by atoms with van der Waals surface area (Å²) >= 11 is 0. The molecule has 1 atom stereocenters. The van der Waals surface area contributed by atoms with Gasteiger partial charge in [0.1, 0.15) is 18.5 Å². The minimum Gasteiger partial charge on any atom is -0.310 e. The number of rotatable bonds is 4. The van der Waals surface area contributed by atoms with Crippen molar-refractivity contribution in [1.82, 2.24) is 19.7 Å². The number of anilines is 1. The van der Waals surface area contributed by atoms with Gasteiger partial charge in [0.2, 0.25) is 5.91 Å². The predicted molar refractivity (Wildman–Crippen MR) is 66.8 cm³/mol. The Morgan fingerprint density at radius 3 is 3.06 bits per heavy atom. The Bertz CT molecular complexity index is 523. The van der Waals surface area contributed by atoms with Crippen LogP contribution in [0.1, 0.15) is 12.5 Å². The molecule has 0 saturated heterocycles. The number of aryl methyl sites for hydroxylation is 1. The van der Waals surface area contributed by atoms with Gasteiger partial charge in [-0.05, 0) is 24.6 Å². The molecule has 0 spiro atoms. The third-order valence-corrected chi connectivity index (χ3v) is 2.54. The van der Waals surface area contributed by atoms with Gasteiger partial charge in [-0.3, -0.25) is 9.48 Å². The van der Waals surface area contributed by atoms with Gasteiger partial charge >= 0.3 is 0 Å². The summed E-state index contributed by atoms with van der Waals surface area (Å²) in [5, 5.41) is 6.75. The van der Waals surface area contributed by atoms with E-state index in [4.69, 9.17) is 0 Å². The third-order valence-electron chi connectivity index (χ3n) is 2.54. The topological polar surface area (TPSA) is 72.7 Å². The van der Waals surface area contributed by atoms with Gasteiger partial charge in [-0.1, -0.05) is 6.92 Å². The molecule has 0 bridgehead atoms. The number of carbonyl (C=O) groups excluding carboxylic acids is 1. The molecule has 2 aromatic heterocycles. The van der Waals surface area contributed by atoms with E-state index in [2.05, 4.69) is 20.4 Å². The van der Waals surface area contributed by atoms with Gasteiger partial charge < -0.3 is 5.32 Å². The summed E-state index contributed by atoms with van der Waals surface area (Å²) in [6.07, 6.45) is 4.72. The zero-order chi connectivity index (χ0) is 13.0. The van der Waals surface area contributed by atoms with Crippen LogP contribution in [0.2, 0.25) is 0 Å². The van der Waals surface area contributed by atoms with Crippen LogP contribution < -0.4 is 5.32 Å². The number of carbonyl (C=O) groups is 1. The van der Waals surface area contributed by atoms with Crippen molar-refractivity contribution >= 4 is 11.7 Å². The maximum absolute atomic E-state index is 11.9. The number of pyridine rings is 1. The summed E-state index contributed by atoms with van der Waals surface area (Å²) in [5.74, 6) is 0.294. The summed E-state index contributed by atoms with van der Waals surface area (Å²) in [7, 11) is 0. The molecule has 6 nitrogen and oxygen atoms in total. The standard InChI is InChI=1S/C12H15N5O/c1-9-3-4-14-11(5-9)16-12(18)10(2)6-17-8-13-7-15-17/h3-5,7-8,10H,6H2,1-2H3,(H,14,16,18)/t10-/m0/s1. The lowest BCUT2D eigenvalue weighted by Crippen LogP contribution is -2.25. The van der Waals surface area contributed by atoms with Crippen molar-refractivity contribution in [1.29, 1.82) is 0 Å². The quantitative estimate of drug-likeness (QED) is 0.880. The minimum atomic E-state index is -0.200. The van der Waals surface area contributed by atoms with Gasteiger partial charge in [0.05, 0.1) is 12.5 Å². The third kappa shape index (κ3) is 3.13. The van der Waals surface area contributed by atoms with E-state index in [1.165, 1.54) is 6.33 Å². The first-order valence-corrected chi connectivity index (χ1v) is 5.71. The van der Waals surface area contributed by atoms with Crippen LogP contribution in [0.5, 0.6) is 0 Å². The Labute approximate surface area is 105 Å². The number of amides is 1. The average molecular weight is 245 g/mol. The smallest absolute Gasteiger partial charge is 0.230 e. The van der Waals surface area contributed by atoms with Gasteiger partial charge in [0.25, 0.3) is 0 Å². The second-order valence-electron chi connectivity index (χ2n) is 4.23. The normalized spacial score (nSPS) is 12.1. The van der Waals surface area contributed by atoms with E-state index in [1.807, 2.05) is 26.0 Å². The van der Waals surface area contributed by atoms with Crippen LogP contribution in [0.3, 0.4) is 0 Å². The van der Waals surface area contributed by atoms with Crippen LogP contribution in [0, 0.1) is 12.8 Å². The van der Waals surface area contributed by atoms with Crippen LogP contribution >= 0.6 is 0 Å².